The molecule has 2 heterocycles. The van der Waals surface area contributed by atoms with E-state index in [4.69, 9.17) is 4.74 Å². The minimum atomic E-state index is -0.865. The van der Waals surface area contributed by atoms with Crippen LogP contribution >= 0.6 is 0 Å². The number of nitrogens with one attached hydrogen (secondary N) is 1. The van der Waals surface area contributed by atoms with E-state index in [0.29, 0.717) is 49.8 Å². The Bertz CT molecular complexity index is 774. The highest BCUT2D eigenvalue weighted by Gasteiger charge is 2.46. The lowest BCUT2D eigenvalue weighted by molar-refractivity contribution is -0.162. The van der Waals surface area contributed by atoms with E-state index in [-0.39, 0.29) is 24.3 Å². The smallest absolute Gasteiger partial charge is 0.230 e. The fourth-order valence-corrected chi connectivity index (χ4v) is 7.85. The topological polar surface area (TPSA) is 102 Å². The first-order valence-corrected chi connectivity index (χ1v) is 14.7. The highest BCUT2D eigenvalue weighted by molar-refractivity contribution is 5.80. The lowest BCUT2D eigenvalue weighted by Crippen LogP contribution is -2.58. The van der Waals surface area contributed by atoms with E-state index in [1.54, 1.807) is 4.90 Å². The van der Waals surface area contributed by atoms with Crippen molar-refractivity contribution in [2.45, 2.75) is 107 Å². The molecule has 0 aromatic rings. The Kier molecular flexibility index (Phi) is 8.55. The predicted molar refractivity (Wildman–Crippen MR) is 136 cm³/mol. The molecule has 0 radical (unpaired) electrons. The molecule has 8 atom stereocenters. The van der Waals surface area contributed by atoms with Gasteiger partial charge in [-0.3, -0.25) is 9.59 Å². The second kappa shape index (κ2) is 11.7. The fourth-order valence-electron chi connectivity index (χ4n) is 7.85. The lowest BCUT2D eigenvalue weighted by atomic mass is 9.71. The third-order valence-corrected chi connectivity index (χ3v) is 9.90. The number of piperidine rings is 1. The van der Waals surface area contributed by atoms with Gasteiger partial charge in [0.25, 0.3) is 0 Å². The van der Waals surface area contributed by atoms with Gasteiger partial charge in [0.1, 0.15) is 0 Å². The van der Waals surface area contributed by atoms with E-state index in [1.165, 1.54) is 44.9 Å². The molecule has 2 saturated heterocycles. The Morgan fingerprint density at radius 2 is 1.83 bits per heavy atom. The largest absolute Gasteiger partial charge is 0.393 e. The van der Waals surface area contributed by atoms with E-state index in [2.05, 4.69) is 5.32 Å². The summed E-state index contributed by atoms with van der Waals surface area (Å²) in [4.78, 5) is 29.7. The van der Waals surface area contributed by atoms with Gasteiger partial charge in [0, 0.05) is 64.6 Å². The van der Waals surface area contributed by atoms with Gasteiger partial charge in [0.15, 0.2) is 0 Å². The van der Waals surface area contributed by atoms with Crippen molar-refractivity contribution in [1.82, 2.24) is 15.1 Å². The summed E-state index contributed by atoms with van der Waals surface area (Å²) in [5.74, 6) is 1.12. The standard InChI is InChI=1S/C28H47N3O5/c1-30-15-20(12-26(30)34)29-23-9-5-8-19-10-11-31(16-22(19)23)28(35)27-24(33)13-21(32)14-25(27)36-17-18-6-3-2-4-7-18/h18-25,27,29,32-33H,2-17H2,1H3. The van der Waals surface area contributed by atoms with Gasteiger partial charge < -0.3 is 30.1 Å². The molecule has 36 heavy (non-hydrogen) atoms. The minimum Gasteiger partial charge on any atom is -0.393 e. The fraction of sp³-hybridized carbons (Fsp3) is 0.929. The SMILES string of the molecule is CN1CC(NC2CCCC3CCN(C(=O)C4C(O)CC(O)CC4OCC4CCCCC4)CC32)CC1=O. The Balaban J connectivity index is 1.23. The zero-order valence-electron chi connectivity index (χ0n) is 22.0. The Labute approximate surface area is 216 Å². The van der Waals surface area contributed by atoms with Crippen LogP contribution in [0.15, 0.2) is 0 Å². The molecule has 3 N–H and O–H groups in total. The zero-order chi connectivity index (χ0) is 25.2. The van der Waals surface area contributed by atoms with Crippen molar-refractivity contribution in [2.75, 3.05) is 33.3 Å². The summed E-state index contributed by atoms with van der Waals surface area (Å²) in [6.45, 7) is 2.82. The molecule has 3 saturated carbocycles. The number of aliphatic hydroxyl groups excluding tert-OH is 2. The number of rotatable bonds is 6. The lowest BCUT2D eigenvalue weighted by Gasteiger charge is -2.48. The van der Waals surface area contributed by atoms with Crippen LogP contribution in [-0.4, -0.2) is 95.5 Å². The van der Waals surface area contributed by atoms with Gasteiger partial charge in [-0.05, 0) is 49.9 Å². The number of fused-ring (bicyclic) bond motifs is 1. The van der Waals surface area contributed by atoms with Crippen LogP contribution in [0.1, 0.15) is 77.0 Å². The number of hydrogen-bond acceptors (Lipinski definition) is 6. The second-order valence-electron chi connectivity index (χ2n) is 12.5. The number of carbonyl (C=O) groups is 2. The van der Waals surface area contributed by atoms with Gasteiger partial charge in [-0.2, -0.15) is 0 Å². The van der Waals surface area contributed by atoms with Crippen LogP contribution in [0, 0.1) is 23.7 Å². The van der Waals surface area contributed by atoms with Gasteiger partial charge in [-0.25, -0.2) is 0 Å². The first-order chi connectivity index (χ1) is 17.4. The summed E-state index contributed by atoms with van der Waals surface area (Å²) < 4.78 is 6.31. The highest BCUT2D eigenvalue weighted by Crippen LogP contribution is 2.39. The molecule has 8 unspecified atom stereocenters. The van der Waals surface area contributed by atoms with Crippen molar-refractivity contribution in [1.29, 1.82) is 0 Å². The third-order valence-electron chi connectivity index (χ3n) is 9.90. The zero-order valence-corrected chi connectivity index (χ0v) is 22.0. The van der Waals surface area contributed by atoms with Crippen LogP contribution in [0.2, 0.25) is 0 Å². The van der Waals surface area contributed by atoms with Gasteiger partial charge in [0.05, 0.1) is 24.2 Å². The third kappa shape index (κ3) is 5.92. The van der Waals surface area contributed by atoms with Gasteiger partial charge in [-0.1, -0.05) is 25.7 Å². The average Bonchev–Trinajstić information content (AvgIpc) is 3.19. The molecule has 5 fully saturated rings. The number of hydrogen-bond donors (Lipinski definition) is 3. The number of likely N-dealkylation sites (N-methyl/N-ethyl adjacent to an activating group) is 1. The van der Waals surface area contributed by atoms with Gasteiger partial charge in [-0.15, -0.1) is 0 Å². The van der Waals surface area contributed by atoms with Crippen molar-refractivity contribution < 1.29 is 24.5 Å². The van der Waals surface area contributed by atoms with E-state index in [1.807, 2.05) is 11.9 Å². The number of ether oxygens (including phenoxy) is 1. The van der Waals surface area contributed by atoms with Crippen LogP contribution in [0.4, 0.5) is 0 Å². The summed E-state index contributed by atoms with van der Waals surface area (Å²) in [6.07, 6.45) is 9.91. The first kappa shape index (κ1) is 26.4. The van der Waals surface area contributed by atoms with E-state index in [9.17, 15) is 19.8 Å². The monoisotopic (exact) mass is 505 g/mol. The number of amides is 2. The summed E-state index contributed by atoms with van der Waals surface area (Å²) in [6, 6.07) is 0.511. The van der Waals surface area contributed by atoms with E-state index >= 15 is 0 Å². The van der Waals surface area contributed by atoms with Crippen LogP contribution < -0.4 is 5.32 Å². The van der Waals surface area contributed by atoms with Crippen molar-refractivity contribution >= 4 is 11.8 Å². The molecule has 5 aliphatic rings. The van der Waals surface area contributed by atoms with Crippen molar-refractivity contribution in [3.8, 4) is 0 Å². The Morgan fingerprint density at radius 1 is 1.03 bits per heavy atom. The number of nitrogens with zero attached hydrogens (tertiary/aromatic N) is 2. The molecular formula is C28H47N3O5. The molecule has 0 bridgehead atoms. The van der Waals surface area contributed by atoms with Crippen LogP contribution in [0.25, 0.3) is 0 Å². The maximum absolute atomic E-state index is 13.9. The van der Waals surface area contributed by atoms with Crippen molar-refractivity contribution in [3.05, 3.63) is 0 Å². The number of carbonyl (C=O) groups excluding carboxylic acids is 2. The molecule has 0 aromatic carbocycles. The predicted octanol–water partition coefficient (Wildman–Crippen LogP) is 1.92. The van der Waals surface area contributed by atoms with Gasteiger partial charge >= 0.3 is 0 Å². The molecule has 8 heteroatoms. The second-order valence-corrected chi connectivity index (χ2v) is 12.5. The molecule has 3 aliphatic carbocycles. The van der Waals surface area contributed by atoms with Crippen molar-refractivity contribution in [2.24, 2.45) is 23.7 Å². The molecular weight excluding hydrogens is 458 g/mol. The van der Waals surface area contributed by atoms with E-state index in [0.717, 1.165) is 25.9 Å². The Hall–Kier alpha value is -1.22. The molecule has 8 nitrogen and oxygen atoms in total. The molecule has 0 aromatic heterocycles. The first-order valence-electron chi connectivity index (χ1n) is 14.7. The molecule has 2 aliphatic heterocycles. The summed E-state index contributed by atoms with van der Waals surface area (Å²) in [7, 11) is 1.87. The number of aliphatic hydroxyl groups is 2. The van der Waals surface area contributed by atoms with E-state index < -0.39 is 24.2 Å². The van der Waals surface area contributed by atoms with Crippen LogP contribution in [0.5, 0.6) is 0 Å². The molecule has 0 spiro atoms. The normalized spacial score (nSPS) is 40.4. The quantitative estimate of drug-likeness (QED) is 0.510. The van der Waals surface area contributed by atoms with Gasteiger partial charge in [0.2, 0.25) is 11.8 Å². The van der Waals surface area contributed by atoms with Crippen LogP contribution in [0.3, 0.4) is 0 Å². The highest BCUT2D eigenvalue weighted by atomic mass is 16.5. The molecule has 204 valence electrons. The summed E-state index contributed by atoms with van der Waals surface area (Å²) >= 11 is 0. The van der Waals surface area contributed by atoms with Crippen LogP contribution in [-0.2, 0) is 14.3 Å². The number of likely N-dealkylation sites (tertiary alicyclic amines) is 2. The minimum absolute atomic E-state index is 0.00148. The molecule has 5 rings (SSSR count). The Morgan fingerprint density at radius 3 is 2.58 bits per heavy atom. The average molecular weight is 506 g/mol. The maximum Gasteiger partial charge on any atom is 0.230 e. The molecule has 2 amide bonds. The van der Waals surface area contributed by atoms with Crippen molar-refractivity contribution in [3.63, 3.8) is 0 Å². The maximum atomic E-state index is 13.9. The summed E-state index contributed by atoms with van der Waals surface area (Å²) in [5, 5.41) is 25.1. The summed E-state index contributed by atoms with van der Waals surface area (Å²) in [5.41, 5.74) is 0.